The number of aldehydes is 1. The number of amides is 3. The van der Waals surface area contributed by atoms with Crippen LogP contribution in [-0.2, 0) is 23.9 Å². The number of rotatable bonds is 17. The molecule has 0 aliphatic rings. The molecule has 0 aromatic carbocycles. The quantitative estimate of drug-likeness (QED) is 0.118. The highest BCUT2D eigenvalue weighted by Gasteiger charge is 2.22. The van der Waals surface area contributed by atoms with Gasteiger partial charge in [0.1, 0.15) is 25.5 Å². The Balaban J connectivity index is 4.56. The van der Waals surface area contributed by atoms with Crippen LogP contribution < -0.4 is 16.4 Å². The number of carboxylic acids is 1. The fourth-order valence-electron chi connectivity index (χ4n) is 2.08. The number of nitrogens with zero attached hydrogens (tertiary/aromatic N) is 1. The van der Waals surface area contributed by atoms with Gasteiger partial charge in [-0.3, -0.25) is 14.4 Å². The number of carbonyl (C=O) groups is 5. The Morgan fingerprint density at radius 3 is 2.39 bits per heavy atom. The van der Waals surface area contributed by atoms with Crippen LogP contribution in [0.5, 0.6) is 0 Å². The Hall–Kier alpha value is -1.76. The zero-order valence-corrected chi connectivity index (χ0v) is 19.2. The Morgan fingerprint density at radius 2 is 1.84 bits per heavy atom. The van der Waals surface area contributed by atoms with E-state index in [2.05, 4.69) is 10.6 Å². The molecule has 0 radical (unpaired) electrons. The predicted octanol–water partition coefficient (Wildman–Crippen LogP) is -0.372. The van der Waals surface area contributed by atoms with Crippen LogP contribution in [0.25, 0.3) is 0 Å². The second-order valence-electron chi connectivity index (χ2n) is 6.12. The highest BCUT2D eigenvalue weighted by atomic mass is 35.5. The van der Waals surface area contributed by atoms with Gasteiger partial charge in [-0.15, -0.1) is 23.2 Å². The molecule has 0 fully saturated rings. The second kappa shape index (κ2) is 17.9. The normalized spacial score (nSPS) is 12.4. The van der Waals surface area contributed by atoms with Gasteiger partial charge in [0.05, 0.1) is 6.04 Å². The lowest BCUT2D eigenvalue weighted by atomic mass is 10.2. The number of aliphatic carboxylic acids is 1. The number of alkyl halides is 2. The van der Waals surface area contributed by atoms with E-state index < -0.39 is 42.5 Å². The van der Waals surface area contributed by atoms with Gasteiger partial charge >= 0.3 is 12.1 Å². The molecule has 0 heterocycles. The Bertz CT molecular complexity index is 595. The molecule has 0 aliphatic carbocycles. The summed E-state index contributed by atoms with van der Waals surface area (Å²) in [6, 6.07) is -1.80. The number of hydrogen-bond acceptors (Lipinski definition) is 8. The number of halogens is 2. The van der Waals surface area contributed by atoms with E-state index in [1.165, 1.54) is 16.7 Å². The van der Waals surface area contributed by atoms with Crippen molar-refractivity contribution < 1.29 is 33.8 Å². The number of nitrogens with two attached hydrogens (primary N) is 1. The van der Waals surface area contributed by atoms with Gasteiger partial charge in [0, 0.05) is 42.8 Å². The Morgan fingerprint density at radius 1 is 1.19 bits per heavy atom. The number of carbonyl (C=O) groups excluding carboxylic acids is 4. The standard InChI is InChI=1S/C17H28Cl2N4O7S/c18-3-5-23(6-4-19)17(29)30-7-8-31-11-13(16(28)21-9-15(26)27)22-14(25)2-1-12(20)10-24/h10,12-13H,1-9,11,20H2,(H,21,28)(H,22,25)(H,26,27). The summed E-state index contributed by atoms with van der Waals surface area (Å²) in [6.07, 6.45) is 0.00536. The molecule has 31 heavy (non-hydrogen) atoms. The number of thioether (sulfide) groups is 1. The number of ether oxygens (including phenoxy) is 1. The van der Waals surface area contributed by atoms with Crippen LogP contribution in [-0.4, -0.2) is 102 Å². The molecule has 2 atom stereocenters. The SMILES string of the molecule is NC(C=O)CCC(=O)NC(CSCCOC(=O)N(CCCl)CCCl)C(=O)NCC(=O)O. The summed E-state index contributed by atoms with van der Waals surface area (Å²) in [7, 11) is 0. The van der Waals surface area contributed by atoms with Gasteiger partial charge < -0.3 is 35.9 Å². The molecule has 0 rings (SSSR count). The molecular formula is C17H28Cl2N4O7S. The molecule has 178 valence electrons. The summed E-state index contributed by atoms with van der Waals surface area (Å²) in [5, 5.41) is 13.4. The number of carboxylic acid groups (broad SMARTS) is 1. The van der Waals surface area contributed by atoms with E-state index >= 15 is 0 Å². The third kappa shape index (κ3) is 14.8. The van der Waals surface area contributed by atoms with Crippen molar-refractivity contribution >= 4 is 65.1 Å². The lowest BCUT2D eigenvalue weighted by Gasteiger charge is -2.20. The topological polar surface area (TPSA) is 168 Å². The van der Waals surface area contributed by atoms with Crippen LogP contribution in [0.2, 0.25) is 0 Å². The summed E-state index contributed by atoms with van der Waals surface area (Å²) in [5.41, 5.74) is 5.43. The van der Waals surface area contributed by atoms with E-state index in [1.807, 2.05) is 0 Å². The van der Waals surface area contributed by atoms with E-state index in [1.54, 1.807) is 0 Å². The highest BCUT2D eigenvalue weighted by molar-refractivity contribution is 7.99. The van der Waals surface area contributed by atoms with E-state index in [9.17, 15) is 24.0 Å². The zero-order valence-electron chi connectivity index (χ0n) is 16.9. The third-order valence-corrected chi connectivity index (χ3v) is 5.01. The van der Waals surface area contributed by atoms with Crippen molar-refractivity contribution in [3.63, 3.8) is 0 Å². The van der Waals surface area contributed by atoms with Crippen LogP contribution in [0.1, 0.15) is 12.8 Å². The first-order valence-electron chi connectivity index (χ1n) is 9.36. The van der Waals surface area contributed by atoms with Crippen LogP contribution in [0.4, 0.5) is 4.79 Å². The van der Waals surface area contributed by atoms with Gasteiger partial charge in [-0.2, -0.15) is 11.8 Å². The lowest BCUT2D eigenvalue weighted by molar-refractivity contribution is -0.138. The summed E-state index contributed by atoms with van der Waals surface area (Å²) in [4.78, 5) is 58.7. The average Bonchev–Trinajstić information content (AvgIpc) is 2.74. The molecule has 0 saturated heterocycles. The van der Waals surface area contributed by atoms with Crippen LogP contribution in [0, 0.1) is 0 Å². The maximum Gasteiger partial charge on any atom is 0.409 e. The molecule has 14 heteroatoms. The number of nitrogens with one attached hydrogen (secondary N) is 2. The Kier molecular flexibility index (Phi) is 16.9. The molecule has 5 N–H and O–H groups in total. The van der Waals surface area contributed by atoms with Crippen LogP contribution >= 0.6 is 35.0 Å². The van der Waals surface area contributed by atoms with E-state index in [0.717, 1.165) is 0 Å². The van der Waals surface area contributed by atoms with Crippen LogP contribution in [0.15, 0.2) is 0 Å². The average molecular weight is 503 g/mol. The summed E-state index contributed by atoms with van der Waals surface area (Å²) in [6.45, 7) is 0.0500. The van der Waals surface area contributed by atoms with Gasteiger partial charge in [0.25, 0.3) is 0 Å². The second-order valence-corrected chi connectivity index (χ2v) is 8.03. The molecular weight excluding hydrogens is 475 g/mol. The van der Waals surface area contributed by atoms with Gasteiger partial charge in [-0.05, 0) is 6.42 Å². The first-order chi connectivity index (χ1) is 14.7. The first kappa shape index (κ1) is 29.2. The first-order valence-corrected chi connectivity index (χ1v) is 11.6. The van der Waals surface area contributed by atoms with E-state index in [4.69, 9.17) is 38.8 Å². The van der Waals surface area contributed by atoms with Crippen molar-refractivity contribution in [1.29, 1.82) is 0 Å². The minimum atomic E-state index is -1.23. The molecule has 0 aliphatic heterocycles. The van der Waals surface area contributed by atoms with E-state index in [0.29, 0.717) is 25.1 Å². The summed E-state index contributed by atoms with van der Waals surface area (Å²) >= 11 is 12.5. The van der Waals surface area contributed by atoms with Gasteiger partial charge in [0.15, 0.2) is 0 Å². The number of hydrogen-bond donors (Lipinski definition) is 4. The van der Waals surface area contributed by atoms with Crippen molar-refractivity contribution in [3.05, 3.63) is 0 Å². The molecule has 0 saturated carbocycles. The minimum Gasteiger partial charge on any atom is -0.480 e. The van der Waals surface area contributed by atoms with Crippen molar-refractivity contribution in [2.24, 2.45) is 5.73 Å². The van der Waals surface area contributed by atoms with Crippen molar-refractivity contribution in [1.82, 2.24) is 15.5 Å². The molecule has 0 bridgehead atoms. The maximum absolute atomic E-state index is 12.2. The molecule has 2 unspecified atom stereocenters. The zero-order chi connectivity index (χ0) is 23.6. The smallest absolute Gasteiger partial charge is 0.409 e. The lowest BCUT2D eigenvalue weighted by Crippen LogP contribution is -2.49. The molecule has 11 nitrogen and oxygen atoms in total. The monoisotopic (exact) mass is 502 g/mol. The van der Waals surface area contributed by atoms with Crippen molar-refractivity contribution in [3.8, 4) is 0 Å². The fourth-order valence-corrected chi connectivity index (χ4v) is 3.33. The molecule has 0 aromatic rings. The van der Waals surface area contributed by atoms with Crippen LogP contribution in [0.3, 0.4) is 0 Å². The molecule has 0 spiro atoms. The van der Waals surface area contributed by atoms with Gasteiger partial charge in [0.2, 0.25) is 11.8 Å². The molecule has 3 amide bonds. The van der Waals surface area contributed by atoms with Crippen molar-refractivity contribution in [2.75, 3.05) is 49.5 Å². The minimum absolute atomic E-state index is 0.0518. The summed E-state index contributed by atoms with van der Waals surface area (Å²) in [5.74, 6) is -1.48. The Labute approximate surface area is 194 Å². The van der Waals surface area contributed by atoms with E-state index in [-0.39, 0.29) is 37.0 Å². The third-order valence-electron chi connectivity index (χ3n) is 3.65. The maximum atomic E-state index is 12.2. The van der Waals surface area contributed by atoms with Gasteiger partial charge in [-0.1, -0.05) is 0 Å². The largest absolute Gasteiger partial charge is 0.480 e. The fraction of sp³-hybridized carbons (Fsp3) is 0.706. The summed E-state index contributed by atoms with van der Waals surface area (Å²) < 4.78 is 5.13. The molecule has 0 aromatic heterocycles. The highest BCUT2D eigenvalue weighted by Crippen LogP contribution is 2.06. The van der Waals surface area contributed by atoms with Crippen molar-refractivity contribution in [2.45, 2.75) is 24.9 Å². The van der Waals surface area contributed by atoms with Gasteiger partial charge in [-0.25, -0.2) is 4.79 Å². The predicted molar refractivity (Wildman–Crippen MR) is 118 cm³/mol.